The van der Waals surface area contributed by atoms with Gasteiger partial charge in [0.05, 0.1) is 12.7 Å². The minimum absolute atomic E-state index is 0.0509. The molecule has 1 N–H and O–H groups in total. The number of nitrogens with zero attached hydrogens (tertiary/aromatic N) is 1. The molecule has 200 valence electrons. The molecule has 1 atom stereocenters. The third-order valence-electron chi connectivity index (χ3n) is 7.16. The Balaban J connectivity index is 1.53. The van der Waals surface area contributed by atoms with Gasteiger partial charge in [0.25, 0.3) is 5.91 Å². The van der Waals surface area contributed by atoms with Crippen LogP contribution in [0.25, 0.3) is 0 Å². The molecular weight excluding hydrogens is 508 g/mol. The number of methoxy groups -OCH3 is 1. The molecule has 5 rings (SSSR count). The highest BCUT2D eigenvalue weighted by atomic mass is 35.5. The predicted molar refractivity (Wildman–Crippen MR) is 158 cm³/mol. The van der Waals surface area contributed by atoms with Crippen molar-refractivity contribution in [2.45, 2.75) is 46.4 Å². The third kappa shape index (κ3) is 5.32. The Morgan fingerprint density at radius 1 is 0.949 bits per heavy atom. The number of fused-ring (bicyclic) bond motifs is 1. The van der Waals surface area contributed by atoms with Gasteiger partial charge in [0.1, 0.15) is 24.3 Å². The van der Waals surface area contributed by atoms with Crippen LogP contribution in [-0.4, -0.2) is 13.0 Å². The van der Waals surface area contributed by atoms with Crippen LogP contribution in [0.4, 0.5) is 11.4 Å². The maximum Gasteiger partial charge on any atom is 0.262 e. The molecule has 0 saturated carbocycles. The maximum atomic E-state index is 13.8. The van der Waals surface area contributed by atoms with E-state index in [1.54, 1.807) is 7.11 Å². The minimum atomic E-state index is -0.413. The van der Waals surface area contributed by atoms with Crippen LogP contribution in [0.5, 0.6) is 11.5 Å². The number of hydrogen-bond donors (Lipinski definition) is 1. The molecule has 1 aliphatic heterocycles. The Hall–Kier alpha value is -3.96. The number of halogens is 1. The van der Waals surface area contributed by atoms with Gasteiger partial charge in [0, 0.05) is 22.0 Å². The minimum Gasteiger partial charge on any atom is -0.496 e. The topological polar surface area (TPSA) is 50.8 Å². The monoisotopic (exact) mass is 540 g/mol. The van der Waals surface area contributed by atoms with E-state index in [-0.39, 0.29) is 11.8 Å². The van der Waals surface area contributed by atoms with Gasteiger partial charge < -0.3 is 14.8 Å². The van der Waals surface area contributed by atoms with E-state index >= 15 is 0 Å². The SMILES string of the molecule is COc1ccc([C@@H]2Nc3ccccc3C(=O)N2c2ccc(C)cc2)cc1COc1cc(C)c(Cl)cc1C(C)C. The highest BCUT2D eigenvalue weighted by Gasteiger charge is 2.34. The van der Waals surface area contributed by atoms with Crippen molar-refractivity contribution in [3.8, 4) is 11.5 Å². The Bertz CT molecular complexity index is 1510. The Kier molecular flexibility index (Phi) is 7.53. The van der Waals surface area contributed by atoms with Crippen LogP contribution < -0.4 is 19.7 Å². The number of ether oxygens (including phenoxy) is 2. The molecule has 5 nitrogen and oxygen atoms in total. The summed E-state index contributed by atoms with van der Waals surface area (Å²) >= 11 is 6.41. The number of nitrogens with one attached hydrogen (secondary N) is 1. The van der Waals surface area contributed by atoms with Crippen molar-refractivity contribution in [1.82, 2.24) is 0 Å². The summed E-state index contributed by atoms with van der Waals surface area (Å²) in [6.07, 6.45) is -0.413. The summed E-state index contributed by atoms with van der Waals surface area (Å²) < 4.78 is 12.1. The second kappa shape index (κ2) is 11.0. The Morgan fingerprint density at radius 2 is 1.69 bits per heavy atom. The largest absolute Gasteiger partial charge is 0.496 e. The average Bonchev–Trinajstić information content (AvgIpc) is 2.93. The van der Waals surface area contributed by atoms with E-state index in [1.807, 2.05) is 91.5 Å². The number of carbonyl (C=O) groups excluding carboxylic acids is 1. The molecule has 0 unspecified atom stereocenters. The molecule has 1 heterocycles. The van der Waals surface area contributed by atoms with Gasteiger partial charge in [-0.2, -0.15) is 0 Å². The van der Waals surface area contributed by atoms with Crippen molar-refractivity contribution < 1.29 is 14.3 Å². The second-order valence-electron chi connectivity index (χ2n) is 10.3. The quantitative estimate of drug-likeness (QED) is 0.255. The summed E-state index contributed by atoms with van der Waals surface area (Å²) in [5.74, 6) is 1.73. The lowest BCUT2D eigenvalue weighted by atomic mass is 10.00. The number of aryl methyl sites for hydroxylation is 2. The Morgan fingerprint density at radius 3 is 2.41 bits per heavy atom. The molecule has 0 aromatic heterocycles. The lowest BCUT2D eigenvalue weighted by Gasteiger charge is -2.38. The first-order valence-electron chi connectivity index (χ1n) is 13.1. The van der Waals surface area contributed by atoms with Crippen LogP contribution in [0.15, 0.2) is 78.9 Å². The highest BCUT2D eigenvalue weighted by molar-refractivity contribution is 6.31. The van der Waals surface area contributed by atoms with Crippen molar-refractivity contribution in [2.75, 3.05) is 17.3 Å². The molecule has 39 heavy (non-hydrogen) atoms. The van der Waals surface area contributed by atoms with E-state index in [1.165, 1.54) is 0 Å². The van der Waals surface area contributed by atoms with Crippen LogP contribution in [0, 0.1) is 13.8 Å². The van der Waals surface area contributed by atoms with Crippen LogP contribution in [0.1, 0.15) is 64.1 Å². The first kappa shape index (κ1) is 26.6. The number of amides is 1. The predicted octanol–water partition coefficient (Wildman–Crippen LogP) is 8.44. The molecule has 0 saturated heterocycles. The first-order valence-corrected chi connectivity index (χ1v) is 13.5. The summed E-state index contributed by atoms with van der Waals surface area (Å²) in [5.41, 5.74) is 7.24. The number of hydrogen-bond acceptors (Lipinski definition) is 4. The van der Waals surface area contributed by atoms with Crippen molar-refractivity contribution in [1.29, 1.82) is 0 Å². The van der Waals surface area contributed by atoms with Crippen LogP contribution in [-0.2, 0) is 6.61 Å². The van der Waals surface area contributed by atoms with Gasteiger partial charge in [0.2, 0.25) is 0 Å². The van der Waals surface area contributed by atoms with Crippen LogP contribution in [0.3, 0.4) is 0 Å². The van der Waals surface area contributed by atoms with Gasteiger partial charge >= 0.3 is 0 Å². The number of benzene rings is 4. The van der Waals surface area contributed by atoms with Gasteiger partial charge in [0.15, 0.2) is 0 Å². The molecule has 0 spiro atoms. The molecule has 6 heteroatoms. The molecule has 4 aromatic rings. The first-order chi connectivity index (χ1) is 18.8. The standard InChI is InChI=1S/C33H33ClN2O3/c1-20(2)27-18-28(34)22(4)16-31(27)39-19-24-17-23(12-15-30(24)38-5)32-35-29-9-7-6-8-26(29)33(37)36(32)25-13-10-21(3)11-14-25/h6-18,20,32,35H,19H2,1-5H3/t32-/m1/s1. The zero-order valence-corrected chi connectivity index (χ0v) is 23.7. The fraction of sp³-hybridized carbons (Fsp3) is 0.242. The number of rotatable bonds is 7. The van der Waals surface area contributed by atoms with E-state index in [0.717, 1.165) is 55.7 Å². The third-order valence-corrected chi connectivity index (χ3v) is 7.56. The number of carbonyl (C=O) groups is 1. The van der Waals surface area contributed by atoms with E-state index in [0.29, 0.717) is 12.2 Å². The summed E-state index contributed by atoms with van der Waals surface area (Å²) in [6, 6.07) is 25.6. The number of anilines is 2. The molecule has 0 radical (unpaired) electrons. The molecular formula is C33H33ClN2O3. The van der Waals surface area contributed by atoms with Gasteiger partial charge in [-0.15, -0.1) is 0 Å². The molecule has 4 aromatic carbocycles. The van der Waals surface area contributed by atoms with Crippen molar-refractivity contribution in [2.24, 2.45) is 0 Å². The molecule has 1 aliphatic rings. The molecule has 0 fully saturated rings. The van der Waals surface area contributed by atoms with E-state index in [2.05, 4.69) is 25.2 Å². The van der Waals surface area contributed by atoms with Crippen molar-refractivity contribution >= 4 is 28.9 Å². The summed E-state index contributed by atoms with van der Waals surface area (Å²) in [4.78, 5) is 15.6. The lowest BCUT2D eigenvalue weighted by molar-refractivity contribution is 0.0975. The fourth-order valence-corrected chi connectivity index (χ4v) is 5.11. The molecule has 1 amide bonds. The summed E-state index contributed by atoms with van der Waals surface area (Å²) in [5, 5.41) is 4.32. The van der Waals surface area contributed by atoms with E-state index in [9.17, 15) is 4.79 Å². The normalized spacial score (nSPS) is 14.7. The second-order valence-corrected chi connectivity index (χ2v) is 10.7. The lowest BCUT2D eigenvalue weighted by Crippen LogP contribution is -2.43. The van der Waals surface area contributed by atoms with E-state index in [4.69, 9.17) is 21.1 Å². The van der Waals surface area contributed by atoms with Gasteiger partial charge in [-0.05, 0) is 85.0 Å². The summed E-state index contributed by atoms with van der Waals surface area (Å²) in [7, 11) is 1.65. The van der Waals surface area contributed by atoms with Crippen molar-refractivity contribution in [3.05, 3.63) is 117 Å². The maximum absolute atomic E-state index is 13.8. The Labute approximate surface area is 235 Å². The molecule has 0 bridgehead atoms. The smallest absolute Gasteiger partial charge is 0.262 e. The summed E-state index contributed by atoms with van der Waals surface area (Å²) in [6.45, 7) is 8.56. The van der Waals surface area contributed by atoms with Gasteiger partial charge in [-0.25, -0.2) is 0 Å². The molecule has 0 aliphatic carbocycles. The zero-order valence-electron chi connectivity index (χ0n) is 22.9. The van der Waals surface area contributed by atoms with E-state index < -0.39 is 6.17 Å². The fourth-order valence-electron chi connectivity index (χ4n) is 4.94. The average molecular weight is 541 g/mol. The van der Waals surface area contributed by atoms with Gasteiger partial charge in [-0.1, -0.05) is 61.3 Å². The van der Waals surface area contributed by atoms with Crippen LogP contribution in [0.2, 0.25) is 5.02 Å². The highest BCUT2D eigenvalue weighted by Crippen LogP contribution is 2.38. The number of para-hydroxylation sites is 1. The van der Waals surface area contributed by atoms with Crippen molar-refractivity contribution in [3.63, 3.8) is 0 Å². The zero-order chi connectivity index (χ0) is 27.7. The van der Waals surface area contributed by atoms with Crippen LogP contribution >= 0.6 is 11.6 Å². The van der Waals surface area contributed by atoms with Gasteiger partial charge in [-0.3, -0.25) is 9.69 Å².